The summed E-state index contributed by atoms with van der Waals surface area (Å²) in [5.41, 5.74) is 0.762. The summed E-state index contributed by atoms with van der Waals surface area (Å²) >= 11 is 13.2. The summed E-state index contributed by atoms with van der Waals surface area (Å²) in [7, 11) is 0. The molecule has 0 fully saturated rings. The van der Waals surface area contributed by atoms with Crippen LogP contribution in [0, 0.1) is 0 Å². The summed E-state index contributed by atoms with van der Waals surface area (Å²) in [4.78, 5) is 23.1. The molecule has 0 radical (unpaired) electrons. The standard InChI is InChI=1S/C15H15Cl2N3O4S/c1-2-23-11(21)6-7-18-8-12(22)24-15-14(19-25-20-15)13-9(16)4-3-5-10(13)17/h3-5,18H,2,6-8H2,1H3. The first-order valence-corrected chi connectivity index (χ1v) is 8.85. The number of nitrogens with zero attached hydrogens (tertiary/aromatic N) is 2. The predicted molar refractivity (Wildman–Crippen MR) is 95.1 cm³/mol. The summed E-state index contributed by atoms with van der Waals surface area (Å²) < 4.78 is 18.1. The van der Waals surface area contributed by atoms with Gasteiger partial charge in [-0.2, -0.15) is 4.37 Å². The molecule has 0 aliphatic heterocycles. The van der Waals surface area contributed by atoms with Crippen LogP contribution in [-0.4, -0.2) is 40.4 Å². The van der Waals surface area contributed by atoms with Crippen molar-refractivity contribution in [1.82, 2.24) is 14.1 Å². The topological polar surface area (TPSA) is 90.4 Å². The Bertz CT molecular complexity index is 734. The number of carbonyl (C=O) groups is 2. The Balaban J connectivity index is 1.93. The van der Waals surface area contributed by atoms with E-state index < -0.39 is 5.97 Å². The monoisotopic (exact) mass is 403 g/mol. The zero-order valence-corrected chi connectivity index (χ0v) is 15.6. The molecule has 0 saturated carbocycles. The molecule has 2 aromatic rings. The van der Waals surface area contributed by atoms with Crippen LogP contribution in [0.5, 0.6) is 5.88 Å². The molecule has 0 amide bonds. The minimum absolute atomic E-state index is 0.0391. The quantitative estimate of drug-likeness (QED) is 0.534. The van der Waals surface area contributed by atoms with E-state index in [2.05, 4.69) is 14.1 Å². The van der Waals surface area contributed by atoms with Crippen LogP contribution in [0.25, 0.3) is 11.3 Å². The Morgan fingerprint density at radius 1 is 1.20 bits per heavy atom. The van der Waals surface area contributed by atoms with E-state index in [9.17, 15) is 9.59 Å². The van der Waals surface area contributed by atoms with Gasteiger partial charge < -0.3 is 14.8 Å². The van der Waals surface area contributed by atoms with Gasteiger partial charge in [-0.15, -0.1) is 4.37 Å². The second-order valence-electron chi connectivity index (χ2n) is 4.72. The van der Waals surface area contributed by atoms with Crippen LogP contribution >= 0.6 is 34.9 Å². The summed E-state index contributed by atoms with van der Waals surface area (Å²) in [6.07, 6.45) is 0.167. The molecule has 2 rings (SSSR count). The van der Waals surface area contributed by atoms with E-state index in [1.54, 1.807) is 25.1 Å². The molecule has 7 nitrogen and oxygen atoms in total. The van der Waals surface area contributed by atoms with E-state index in [4.69, 9.17) is 32.7 Å². The maximum Gasteiger partial charge on any atom is 0.326 e. The average molecular weight is 404 g/mol. The molecule has 0 aliphatic rings. The normalized spacial score (nSPS) is 10.5. The van der Waals surface area contributed by atoms with Crippen LogP contribution in [-0.2, 0) is 14.3 Å². The van der Waals surface area contributed by atoms with Crippen LogP contribution in [0.4, 0.5) is 0 Å². The number of rotatable bonds is 8. The molecule has 134 valence electrons. The van der Waals surface area contributed by atoms with Gasteiger partial charge in [0.15, 0.2) is 5.69 Å². The fourth-order valence-electron chi connectivity index (χ4n) is 1.88. The third-order valence-corrected chi connectivity index (χ3v) is 4.09. The maximum absolute atomic E-state index is 11.9. The zero-order valence-electron chi connectivity index (χ0n) is 13.3. The first kappa shape index (κ1) is 19.6. The summed E-state index contributed by atoms with van der Waals surface area (Å²) in [6, 6.07) is 5.02. The van der Waals surface area contributed by atoms with Crippen molar-refractivity contribution in [1.29, 1.82) is 0 Å². The number of hydrogen-bond donors (Lipinski definition) is 1. The van der Waals surface area contributed by atoms with Crippen molar-refractivity contribution in [2.45, 2.75) is 13.3 Å². The molecule has 0 unspecified atom stereocenters. The summed E-state index contributed by atoms with van der Waals surface area (Å²) in [5.74, 6) is -0.860. The molecular formula is C15H15Cl2N3O4S. The van der Waals surface area contributed by atoms with Gasteiger partial charge in [0, 0.05) is 12.1 Å². The Kier molecular flexibility index (Phi) is 7.57. The number of ether oxygens (including phenoxy) is 2. The van der Waals surface area contributed by atoms with Crippen molar-refractivity contribution in [2.24, 2.45) is 0 Å². The Hall–Kier alpha value is -1.74. The van der Waals surface area contributed by atoms with Crippen LogP contribution in [0.2, 0.25) is 10.0 Å². The molecule has 1 aromatic carbocycles. The lowest BCUT2D eigenvalue weighted by atomic mass is 10.1. The molecule has 0 bridgehead atoms. The van der Waals surface area contributed by atoms with E-state index in [1.807, 2.05) is 0 Å². The van der Waals surface area contributed by atoms with Gasteiger partial charge in [-0.1, -0.05) is 29.3 Å². The molecule has 10 heteroatoms. The van der Waals surface area contributed by atoms with Gasteiger partial charge in [0.25, 0.3) is 5.88 Å². The van der Waals surface area contributed by atoms with Gasteiger partial charge in [-0.05, 0) is 19.1 Å². The van der Waals surface area contributed by atoms with E-state index in [1.165, 1.54) is 0 Å². The highest BCUT2D eigenvalue weighted by Crippen LogP contribution is 2.38. The lowest BCUT2D eigenvalue weighted by Gasteiger charge is -2.07. The zero-order chi connectivity index (χ0) is 18.2. The van der Waals surface area contributed by atoms with E-state index in [0.717, 1.165) is 11.7 Å². The fourth-order valence-corrected chi connectivity index (χ4v) is 2.95. The van der Waals surface area contributed by atoms with Crippen molar-refractivity contribution in [3.05, 3.63) is 28.2 Å². The van der Waals surface area contributed by atoms with Gasteiger partial charge in [0.1, 0.15) is 0 Å². The van der Waals surface area contributed by atoms with Crippen LogP contribution in [0.1, 0.15) is 13.3 Å². The number of nitrogens with one attached hydrogen (secondary N) is 1. The minimum atomic E-state index is -0.569. The molecule has 1 heterocycles. The molecule has 25 heavy (non-hydrogen) atoms. The van der Waals surface area contributed by atoms with Gasteiger partial charge >= 0.3 is 11.9 Å². The van der Waals surface area contributed by atoms with Crippen LogP contribution in [0.15, 0.2) is 18.2 Å². The molecule has 0 saturated heterocycles. The van der Waals surface area contributed by atoms with Crippen molar-refractivity contribution in [2.75, 3.05) is 19.7 Å². The molecular weight excluding hydrogens is 389 g/mol. The van der Waals surface area contributed by atoms with Crippen molar-refractivity contribution < 1.29 is 19.1 Å². The third kappa shape index (κ3) is 5.64. The molecule has 1 aromatic heterocycles. The highest BCUT2D eigenvalue weighted by molar-refractivity contribution is 6.99. The van der Waals surface area contributed by atoms with Crippen LogP contribution in [0.3, 0.4) is 0 Å². The smallest absolute Gasteiger partial charge is 0.326 e. The van der Waals surface area contributed by atoms with Gasteiger partial charge in [-0.25, -0.2) is 0 Å². The Morgan fingerprint density at radius 3 is 2.60 bits per heavy atom. The number of aromatic nitrogens is 2. The largest absolute Gasteiger partial charge is 0.466 e. The molecule has 0 aliphatic carbocycles. The average Bonchev–Trinajstić information content (AvgIpc) is 2.99. The maximum atomic E-state index is 11.9. The number of halogens is 2. The Labute approximate surface area is 158 Å². The minimum Gasteiger partial charge on any atom is -0.466 e. The Morgan fingerprint density at radius 2 is 1.92 bits per heavy atom. The van der Waals surface area contributed by atoms with E-state index in [-0.39, 0.29) is 24.8 Å². The summed E-state index contributed by atoms with van der Waals surface area (Å²) in [6.45, 7) is 2.26. The molecule has 1 N–H and O–H groups in total. The van der Waals surface area contributed by atoms with Gasteiger partial charge in [0.2, 0.25) is 0 Å². The predicted octanol–water partition coefficient (Wildman–Crippen LogP) is 2.96. The lowest BCUT2D eigenvalue weighted by molar-refractivity contribution is -0.143. The van der Waals surface area contributed by atoms with Crippen molar-refractivity contribution in [3.63, 3.8) is 0 Å². The number of carbonyl (C=O) groups excluding carboxylic acids is 2. The van der Waals surface area contributed by atoms with Crippen molar-refractivity contribution >= 4 is 46.9 Å². The highest BCUT2D eigenvalue weighted by Gasteiger charge is 2.20. The second-order valence-corrected chi connectivity index (χ2v) is 6.06. The second kappa shape index (κ2) is 9.67. The van der Waals surface area contributed by atoms with Crippen molar-refractivity contribution in [3.8, 4) is 17.1 Å². The summed E-state index contributed by atoms with van der Waals surface area (Å²) in [5, 5.41) is 3.56. The number of benzene rings is 1. The highest BCUT2D eigenvalue weighted by atomic mass is 35.5. The molecule has 0 spiro atoms. The molecule has 0 atom stereocenters. The van der Waals surface area contributed by atoms with Crippen LogP contribution < -0.4 is 10.1 Å². The van der Waals surface area contributed by atoms with Gasteiger partial charge in [-0.3, -0.25) is 9.59 Å². The van der Waals surface area contributed by atoms with E-state index in [0.29, 0.717) is 34.5 Å². The third-order valence-electron chi connectivity index (χ3n) is 2.95. The first-order valence-electron chi connectivity index (χ1n) is 7.36. The number of hydrogen-bond acceptors (Lipinski definition) is 8. The first-order chi connectivity index (χ1) is 12.0. The van der Waals surface area contributed by atoms with Gasteiger partial charge in [0.05, 0.1) is 41.3 Å². The SMILES string of the molecule is CCOC(=O)CCNCC(=O)Oc1nsnc1-c1c(Cl)cccc1Cl. The lowest BCUT2D eigenvalue weighted by Crippen LogP contribution is -2.29. The number of esters is 2. The van der Waals surface area contributed by atoms with E-state index >= 15 is 0 Å². The fraction of sp³-hybridized carbons (Fsp3) is 0.333.